The number of nitrogens with one attached hydrogen (secondary N) is 1. The number of rotatable bonds is 4. The number of fused-ring (bicyclic) bond motifs is 1. The number of aromatic carboxylic acids is 1. The number of hydrogen-bond acceptors (Lipinski definition) is 5. The van der Waals surface area contributed by atoms with Gasteiger partial charge in [0.1, 0.15) is 21.3 Å². The second-order valence-corrected chi connectivity index (χ2v) is 7.06. The Labute approximate surface area is 144 Å². The molecule has 6 heteroatoms. The van der Waals surface area contributed by atoms with Crippen LogP contribution in [0.3, 0.4) is 0 Å². The quantitative estimate of drug-likeness (QED) is 0.708. The van der Waals surface area contributed by atoms with Crippen LogP contribution in [0.5, 0.6) is 0 Å². The van der Waals surface area contributed by atoms with Crippen molar-refractivity contribution in [2.75, 3.05) is 5.32 Å². The predicted octanol–water partition coefficient (Wildman–Crippen LogP) is 4.87. The van der Waals surface area contributed by atoms with E-state index in [1.807, 2.05) is 19.1 Å². The highest BCUT2D eigenvalue weighted by molar-refractivity contribution is 7.20. The molecule has 124 valence electrons. The number of carboxylic acids is 1. The number of thiophene rings is 1. The normalized spacial score (nSPS) is 11.2. The number of carbonyl (C=O) groups is 1. The number of aromatic nitrogens is 2. The van der Waals surface area contributed by atoms with E-state index >= 15 is 0 Å². The summed E-state index contributed by atoms with van der Waals surface area (Å²) in [5, 5.41) is 13.4. The van der Waals surface area contributed by atoms with Crippen molar-refractivity contribution in [3.63, 3.8) is 0 Å². The lowest BCUT2D eigenvalue weighted by atomic mass is 10.0. The molecule has 2 N–H and O–H groups in total. The zero-order valence-corrected chi connectivity index (χ0v) is 14.9. The fourth-order valence-corrected chi connectivity index (χ4v) is 3.69. The fraction of sp³-hybridized carbons (Fsp3) is 0.278. The SMILES string of the molecule is Cc1nc(Nc2ccc(C(C)C)cc2)c2c(C)c(C(=O)O)sc2n1. The van der Waals surface area contributed by atoms with Gasteiger partial charge >= 0.3 is 5.97 Å². The summed E-state index contributed by atoms with van der Waals surface area (Å²) in [5.41, 5.74) is 2.88. The van der Waals surface area contributed by atoms with Crippen molar-refractivity contribution in [1.82, 2.24) is 9.97 Å². The van der Waals surface area contributed by atoms with E-state index in [1.54, 1.807) is 6.92 Å². The topological polar surface area (TPSA) is 75.1 Å². The minimum absolute atomic E-state index is 0.308. The van der Waals surface area contributed by atoms with E-state index in [2.05, 4.69) is 41.3 Å². The van der Waals surface area contributed by atoms with Gasteiger partial charge in [-0.2, -0.15) is 0 Å². The van der Waals surface area contributed by atoms with Gasteiger partial charge in [-0.15, -0.1) is 11.3 Å². The summed E-state index contributed by atoms with van der Waals surface area (Å²) in [6.07, 6.45) is 0. The summed E-state index contributed by atoms with van der Waals surface area (Å²) >= 11 is 1.19. The zero-order valence-electron chi connectivity index (χ0n) is 14.0. The first-order valence-corrected chi connectivity index (χ1v) is 8.56. The smallest absolute Gasteiger partial charge is 0.346 e. The number of carboxylic acid groups (broad SMARTS) is 1. The van der Waals surface area contributed by atoms with Crippen molar-refractivity contribution in [2.24, 2.45) is 0 Å². The Balaban J connectivity index is 2.06. The first kappa shape index (κ1) is 16.4. The average Bonchev–Trinajstić information content (AvgIpc) is 2.85. The minimum atomic E-state index is -0.930. The molecule has 24 heavy (non-hydrogen) atoms. The van der Waals surface area contributed by atoms with Crippen molar-refractivity contribution in [1.29, 1.82) is 0 Å². The largest absolute Gasteiger partial charge is 0.477 e. The van der Waals surface area contributed by atoms with Crippen LogP contribution in [0.25, 0.3) is 10.2 Å². The van der Waals surface area contributed by atoms with Crippen molar-refractivity contribution >= 4 is 39.0 Å². The van der Waals surface area contributed by atoms with E-state index in [4.69, 9.17) is 0 Å². The lowest BCUT2D eigenvalue weighted by Crippen LogP contribution is -1.99. The summed E-state index contributed by atoms with van der Waals surface area (Å²) in [5.74, 6) is 0.808. The Morgan fingerprint density at radius 1 is 1.17 bits per heavy atom. The van der Waals surface area contributed by atoms with Gasteiger partial charge in [0.2, 0.25) is 0 Å². The van der Waals surface area contributed by atoms with Gasteiger partial charge in [0.05, 0.1) is 5.39 Å². The summed E-state index contributed by atoms with van der Waals surface area (Å²) in [7, 11) is 0. The molecule has 0 saturated carbocycles. The van der Waals surface area contributed by atoms with Crippen LogP contribution in [0.15, 0.2) is 24.3 Å². The molecule has 0 radical (unpaired) electrons. The molecule has 3 aromatic rings. The van der Waals surface area contributed by atoms with Crippen LogP contribution in [-0.2, 0) is 0 Å². The van der Waals surface area contributed by atoms with Crippen LogP contribution in [-0.4, -0.2) is 21.0 Å². The van der Waals surface area contributed by atoms with E-state index in [-0.39, 0.29) is 0 Å². The molecule has 2 heterocycles. The maximum absolute atomic E-state index is 11.4. The zero-order chi connectivity index (χ0) is 17.4. The maximum Gasteiger partial charge on any atom is 0.346 e. The van der Waals surface area contributed by atoms with Gasteiger partial charge in [0.15, 0.2) is 0 Å². The van der Waals surface area contributed by atoms with E-state index in [9.17, 15) is 9.90 Å². The van der Waals surface area contributed by atoms with Crippen LogP contribution >= 0.6 is 11.3 Å². The van der Waals surface area contributed by atoms with Crippen molar-refractivity contribution in [2.45, 2.75) is 33.6 Å². The second kappa shape index (κ2) is 6.20. The van der Waals surface area contributed by atoms with E-state index < -0.39 is 5.97 Å². The monoisotopic (exact) mass is 341 g/mol. The molecule has 0 saturated heterocycles. The summed E-state index contributed by atoms with van der Waals surface area (Å²) < 4.78 is 0. The Morgan fingerprint density at radius 2 is 1.83 bits per heavy atom. The minimum Gasteiger partial charge on any atom is -0.477 e. The van der Waals surface area contributed by atoms with Gasteiger partial charge in [0, 0.05) is 5.69 Å². The van der Waals surface area contributed by atoms with Gasteiger partial charge in [0.25, 0.3) is 0 Å². The fourth-order valence-electron chi connectivity index (χ4n) is 2.63. The molecule has 0 unspecified atom stereocenters. The molecular formula is C18H19N3O2S. The Hall–Kier alpha value is -2.47. The molecule has 0 aliphatic rings. The molecule has 0 amide bonds. The Kier molecular flexibility index (Phi) is 4.24. The van der Waals surface area contributed by atoms with E-state index in [1.165, 1.54) is 16.9 Å². The average molecular weight is 341 g/mol. The molecule has 1 aromatic carbocycles. The van der Waals surface area contributed by atoms with Crippen molar-refractivity contribution in [3.8, 4) is 0 Å². The highest BCUT2D eigenvalue weighted by atomic mass is 32.1. The molecule has 0 aliphatic heterocycles. The van der Waals surface area contributed by atoms with Crippen LogP contribution in [0.4, 0.5) is 11.5 Å². The molecule has 0 atom stereocenters. The molecule has 0 aliphatic carbocycles. The summed E-state index contributed by atoms with van der Waals surface area (Å²) in [6.45, 7) is 7.92. The van der Waals surface area contributed by atoms with Gasteiger partial charge in [-0.1, -0.05) is 26.0 Å². The highest BCUT2D eigenvalue weighted by Gasteiger charge is 2.19. The van der Waals surface area contributed by atoms with E-state index in [0.717, 1.165) is 11.1 Å². The molecule has 3 rings (SSSR count). The summed E-state index contributed by atoms with van der Waals surface area (Å²) in [6, 6.07) is 8.19. The van der Waals surface area contributed by atoms with Crippen molar-refractivity contribution < 1.29 is 9.90 Å². The number of aryl methyl sites for hydroxylation is 2. The van der Waals surface area contributed by atoms with Gasteiger partial charge in [-0.05, 0) is 43.0 Å². The van der Waals surface area contributed by atoms with E-state index in [0.29, 0.717) is 32.8 Å². The molecular weight excluding hydrogens is 322 g/mol. The lowest BCUT2D eigenvalue weighted by molar-refractivity contribution is 0.0701. The second-order valence-electron chi connectivity index (χ2n) is 6.06. The standard InChI is InChI=1S/C18H19N3O2S/c1-9(2)12-5-7-13(8-6-12)21-16-14-10(3)15(18(22)23)24-17(14)20-11(4)19-16/h5-9H,1-4H3,(H,22,23)(H,19,20,21). The third-order valence-electron chi connectivity index (χ3n) is 3.94. The van der Waals surface area contributed by atoms with Gasteiger partial charge in [-0.25, -0.2) is 14.8 Å². The molecule has 5 nitrogen and oxygen atoms in total. The van der Waals surface area contributed by atoms with Crippen molar-refractivity contribution in [3.05, 3.63) is 46.1 Å². The predicted molar refractivity (Wildman–Crippen MR) is 97.7 cm³/mol. The Bertz CT molecular complexity index is 914. The lowest BCUT2D eigenvalue weighted by Gasteiger charge is -2.10. The summed E-state index contributed by atoms with van der Waals surface area (Å²) in [4.78, 5) is 21.3. The number of benzene rings is 1. The molecule has 0 bridgehead atoms. The van der Waals surface area contributed by atoms with Gasteiger partial charge in [-0.3, -0.25) is 0 Å². The van der Waals surface area contributed by atoms with Crippen LogP contribution < -0.4 is 5.32 Å². The Morgan fingerprint density at radius 3 is 2.42 bits per heavy atom. The third kappa shape index (κ3) is 2.97. The number of anilines is 2. The van der Waals surface area contributed by atoms with Crippen LogP contribution in [0.1, 0.15) is 46.4 Å². The first-order chi connectivity index (χ1) is 11.4. The molecule has 0 spiro atoms. The van der Waals surface area contributed by atoms with Crippen LogP contribution in [0.2, 0.25) is 0 Å². The molecule has 0 fully saturated rings. The number of nitrogens with zero attached hydrogens (tertiary/aromatic N) is 2. The third-order valence-corrected chi connectivity index (χ3v) is 5.11. The van der Waals surface area contributed by atoms with Crippen LogP contribution in [0, 0.1) is 13.8 Å². The highest BCUT2D eigenvalue weighted by Crippen LogP contribution is 2.35. The molecule has 2 aromatic heterocycles. The maximum atomic E-state index is 11.4. The first-order valence-electron chi connectivity index (χ1n) is 7.75. The van der Waals surface area contributed by atoms with Gasteiger partial charge < -0.3 is 10.4 Å². The number of hydrogen-bond donors (Lipinski definition) is 2.